The highest BCUT2D eigenvalue weighted by Gasteiger charge is 2.04. The van der Waals surface area contributed by atoms with Crippen LogP contribution in [0.4, 0.5) is 5.69 Å². The van der Waals surface area contributed by atoms with Crippen LogP contribution in [0.15, 0.2) is 24.4 Å². The lowest BCUT2D eigenvalue weighted by molar-refractivity contribution is 0.738. The Hall–Kier alpha value is -2.28. The van der Waals surface area contributed by atoms with E-state index < -0.39 is 0 Å². The smallest absolute Gasteiger partial charge is 0.0994 e. The minimum absolute atomic E-state index is 0.720. The first kappa shape index (κ1) is 12.2. The molecule has 1 N–H and O–H groups in total. The molecule has 2 rings (SSSR count). The van der Waals surface area contributed by atoms with Crippen molar-refractivity contribution >= 4 is 5.69 Å². The highest BCUT2D eigenvalue weighted by Crippen LogP contribution is 2.16. The number of aryl methyl sites for hydroxylation is 2. The highest BCUT2D eigenvalue weighted by atomic mass is 15.3. The third kappa shape index (κ3) is 2.35. The quantitative estimate of drug-likeness (QED) is 0.896. The molecule has 18 heavy (non-hydrogen) atoms. The molecule has 0 aliphatic heterocycles. The van der Waals surface area contributed by atoms with Gasteiger partial charge >= 0.3 is 0 Å². The monoisotopic (exact) mass is 240 g/mol. The fourth-order valence-electron chi connectivity index (χ4n) is 1.81. The zero-order valence-electron chi connectivity index (χ0n) is 10.9. The first-order chi connectivity index (χ1) is 8.61. The van der Waals surface area contributed by atoms with Crippen LogP contribution in [0.5, 0.6) is 0 Å². The zero-order chi connectivity index (χ0) is 13.1. The summed E-state index contributed by atoms with van der Waals surface area (Å²) in [6, 6.07) is 7.93. The van der Waals surface area contributed by atoms with Gasteiger partial charge in [0.2, 0.25) is 0 Å². The van der Waals surface area contributed by atoms with E-state index in [1.165, 1.54) is 5.56 Å². The molecule has 0 bridgehead atoms. The number of nitriles is 1. The molecule has 4 heteroatoms. The molecule has 2 aromatic rings. The second-order valence-electron chi connectivity index (χ2n) is 4.37. The third-order valence-corrected chi connectivity index (χ3v) is 3.17. The van der Waals surface area contributed by atoms with Crippen molar-refractivity contribution in [2.24, 2.45) is 7.05 Å². The maximum absolute atomic E-state index is 8.87. The predicted molar refractivity (Wildman–Crippen MR) is 71.2 cm³/mol. The number of hydrogen-bond acceptors (Lipinski definition) is 3. The summed E-state index contributed by atoms with van der Waals surface area (Å²) in [4.78, 5) is 0. The number of hydrogen-bond donors (Lipinski definition) is 1. The van der Waals surface area contributed by atoms with Gasteiger partial charge in [0.05, 0.1) is 17.8 Å². The van der Waals surface area contributed by atoms with Gasteiger partial charge in [-0.05, 0) is 37.6 Å². The molecule has 0 saturated heterocycles. The summed E-state index contributed by atoms with van der Waals surface area (Å²) >= 11 is 0. The maximum atomic E-state index is 8.87. The van der Waals surface area contributed by atoms with Gasteiger partial charge in [-0.25, -0.2) is 0 Å². The van der Waals surface area contributed by atoms with Gasteiger partial charge in [-0.1, -0.05) is 0 Å². The number of aromatic nitrogens is 2. The van der Waals surface area contributed by atoms with Crippen LogP contribution in [0.1, 0.15) is 22.4 Å². The Morgan fingerprint density at radius 2 is 2.17 bits per heavy atom. The van der Waals surface area contributed by atoms with Crippen LogP contribution in [0.25, 0.3) is 0 Å². The van der Waals surface area contributed by atoms with E-state index in [4.69, 9.17) is 5.26 Å². The number of anilines is 1. The largest absolute Gasteiger partial charge is 0.381 e. The standard InChI is InChI=1S/C14H16N4/c1-10-6-14(5-4-12(10)7-15)16-8-13-9-17-18(3)11(13)2/h4-6,9,16H,8H2,1-3H3. The van der Waals surface area contributed by atoms with E-state index in [0.29, 0.717) is 0 Å². The van der Waals surface area contributed by atoms with Crippen molar-refractivity contribution in [1.29, 1.82) is 5.26 Å². The summed E-state index contributed by atoms with van der Waals surface area (Å²) in [7, 11) is 1.94. The Kier molecular flexibility index (Phi) is 3.33. The van der Waals surface area contributed by atoms with Gasteiger partial charge in [0.15, 0.2) is 0 Å². The van der Waals surface area contributed by atoms with Crippen LogP contribution < -0.4 is 5.32 Å². The summed E-state index contributed by atoms with van der Waals surface area (Å²) < 4.78 is 1.86. The third-order valence-electron chi connectivity index (χ3n) is 3.17. The van der Waals surface area contributed by atoms with E-state index >= 15 is 0 Å². The SMILES string of the molecule is Cc1cc(NCc2cnn(C)c2C)ccc1C#N. The molecule has 0 spiro atoms. The van der Waals surface area contributed by atoms with Gasteiger partial charge in [0.25, 0.3) is 0 Å². The molecule has 0 aliphatic rings. The molecule has 0 atom stereocenters. The average molecular weight is 240 g/mol. The van der Waals surface area contributed by atoms with Gasteiger partial charge in [-0.3, -0.25) is 4.68 Å². The summed E-state index contributed by atoms with van der Waals surface area (Å²) in [5.74, 6) is 0. The molecule has 92 valence electrons. The lowest BCUT2D eigenvalue weighted by Gasteiger charge is -2.07. The fourth-order valence-corrected chi connectivity index (χ4v) is 1.81. The van der Waals surface area contributed by atoms with E-state index in [2.05, 4.69) is 16.5 Å². The molecule has 0 aliphatic carbocycles. The Bertz CT molecular complexity index is 605. The van der Waals surface area contributed by atoms with Crippen LogP contribution in [0.3, 0.4) is 0 Å². The molecule has 0 amide bonds. The lowest BCUT2D eigenvalue weighted by Crippen LogP contribution is -2.01. The van der Waals surface area contributed by atoms with Crippen LogP contribution in [0.2, 0.25) is 0 Å². The molecule has 1 aromatic heterocycles. The zero-order valence-corrected chi connectivity index (χ0v) is 10.9. The first-order valence-corrected chi connectivity index (χ1v) is 5.84. The van der Waals surface area contributed by atoms with Crippen LogP contribution in [-0.2, 0) is 13.6 Å². The molecular weight excluding hydrogens is 224 g/mol. The molecule has 0 fully saturated rings. The van der Waals surface area contributed by atoms with Gasteiger partial charge in [0, 0.05) is 30.5 Å². The first-order valence-electron chi connectivity index (χ1n) is 5.84. The Morgan fingerprint density at radius 3 is 2.72 bits per heavy atom. The molecule has 1 heterocycles. The topological polar surface area (TPSA) is 53.6 Å². The minimum Gasteiger partial charge on any atom is -0.381 e. The predicted octanol–water partition coefficient (Wildman–Crippen LogP) is 2.52. The second-order valence-corrected chi connectivity index (χ2v) is 4.37. The molecule has 1 aromatic carbocycles. The average Bonchev–Trinajstić information content (AvgIpc) is 2.68. The summed E-state index contributed by atoms with van der Waals surface area (Å²) in [5, 5.41) is 16.4. The minimum atomic E-state index is 0.720. The second kappa shape index (κ2) is 4.92. The van der Waals surface area contributed by atoms with E-state index in [1.54, 1.807) is 0 Å². The van der Waals surface area contributed by atoms with Crippen molar-refractivity contribution < 1.29 is 0 Å². The van der Waals surface area contributed by atoms with Crippen LogP contribution in [-0.4, -0.2) is 9.78 Å². The van der Waals surface area contributed by atoms with Crippen molar-refractivity contribution in [1.82, 2.24) is 9.78 Å². The van der Waals surface area contributed by atoms with Gasteiger partial charge in [-0.15, -0.1) is 0 Å². The van der Waals surface area contributed by atoms with E-state index in [0.717, 1.165) is 29.1 Å². The van der Waals surface area contributed by atoms with Crippen LogP contribution in [0, 0.1) is 25.2 Å². The van der Waals surface area contributed by atoms with E-state index in [1.807, 2.05) is 50.0 Å². The number of nitrogens with zero attached hydrogens (tertiary/aromatic N) is 3. The van der Waals surface area contributed by atoms with E-state index in [-0.39, 0.29) is 0 Å². The van der Waals surface area contributed by atoms with Crippen molar-refractivity contribution in [3.8, 4) is 6.07 Å². The van der Waals surface area contributed by atoms with Crippen molar-refractivity contribution in [3.63, 3.8) is 0 Å². The number of benzene rings is 1. The molecular formula is C14H16N4. The Balaban J connectivity index is 2.09. The molecule has 0 unspecified atom stereocenters. The summed E-state index contributed by atoms with van der Waals surface area (Å²) in [6.45, 7) is 4.73. The van der Waals surface area contributed by atoms with Gasteiger partial charge in [0.1, 0.15) is 0 Å². The molecule has 0 radical (unpaired) electrons. The van der Waals surface area contributed by atoms with Crippen LogP contribution >= 0.6 is 0 Å². The normalized spacial score (nSPS) is 10.1. The summed E-state index contributed by atoms with van der Waals surface area (Å²) in [5.41, 5.74) is 5.07. The van der Waals surface area contributed by atoms with Crippen molar-refractivity contribution in [2.45, 2.75) is 20.4 Å². The number of rotatable bonds is 3. The lowest BCUT2D eigenvalue weighted by atomic mass is 10.1. The van der Waals surface area contributed by atoms with Crippen molar-refractivity contribution in [2.75, 3.05) is 5.32 Å². The van der Waals surface area contributed by atoms with E-state index in [9.17, 15) is 0 Å². The number of nitrogens with one attached hydrogen (secondary N) is 1. The molecule has 0 saturated carbocycles. The highest BCUT2D eigenvalue weighted by molar-refractivity contribution is 5.51. The Labute approximate surface area is 107 Å². The van der Waals surface area contributed by atoms with Gasteiger partial charge < -0.3 is 5.32 Å². The Morgan fingerprint density at radius 1 is 1.39 bits per heavy atom. The summed E-state index contributed by atoms with van der Waals surface area (Å²) in [6.07, 6.45) is 1.87. The fraction of sp³-hybridized carbons (Fsp3) is 0.286. The van der Waals surface area contributed by atoms with Gasteiger partial charge in [-0.2, -0.15) is 10.4 Å². The maximum Gasteiger partial charge on any atom is 0.0994 e. The molecule has 4 nitrogen and oxygen atoms in total. The van der Waals surface area contributed by atoms with Crippen molar-refractivity contribution in [3.05, 3.63) is 46.8 Å².